The summed E-state index contributed by atoms with van der Waals surface area (Å²) in [5.74, 6) is 0. The summed E-state index contributed by atoms with van der Waals surface area (Å²) in [7, 11) is 0. The number of alkyl halides is 6. The highest BCUT2D eigenvalue weighted by atomic mass is 19.4. The fourth-order valence-corrected chi connectivity index (χ4v) is 0.955. The van der Waals surface area contributed by atoms with E-state index in [2.05, 4.69) is 0 Å². The van der Waals surface area contributed by atoms with Crippen LogP contribution < -0.4 is 5.32 Å². The minimum atomic E-state index is -4.60. The highest BCUT2D eigenvalue weighted by molar-refractivity contribution is 5.08. The van der Waals surface area contributed by atoms with Crippen LogP contribution in [0.2, 0.25) is 0 Å². The summed E-state index contributed by atoms with van der Waals surface area (Å²) in [5.41, 5.74) is -2.28. The van der Waals surface area contributed by atoms with Gasteiger partial charge in [-0.15, -0.1) is 0 Å². The summed E-state index contributed by atoms with van der Waals surface area (Å²) in [6, 6.07) is 0. The van der Waals surface area contributed by atoms with E-state index in [0.29, 0.717) is 0 Å². The number of hydrogen-bond acceptors (Lipinski definition) is 1. The lowest BCUT2D eigenvalue weighted by Crippen LogP contribution is -2.48. The molecule has 1 N–H and O–H groups in total. The predicted molar refractivity (Wildman–Crippen MR) is 32.1 cm³/mol. The fraction of sp³-hybridized carbons (Fsp3) is 1.00. The second-order valence-electron chi connectivity index (χ2n) is 3.05. The molecule has 78 valence electrons. The van der Waals surface area contributed by atoms with E-state index in [9.17, 15) is 26.3 Å². The van der Waals surface area contributed by atoms with Crippen molar-refractivity contribution >= 4 is 0 Å². The summed E-state index contributed by atoms with van der Waals surface area (Å²) in [5, 5.41) is 1.50. The molecule has 0 aromatic heterocycles. The van der Waals surface area contributed by atoms with Crippen LogP contribution in [-0.4, -0.2) is 24.4 Å². The normalized spacial score (nSPS) is 21.7. The van der Waals surface area contributed by atoms with Crippen molar-refractivity contribution in [3.8, 4) is 0 Å². The van der Waals surface area contributed by atoms with Crippen LogP contribution in [0.15, 0.2) is 0 Å². The molecule has 0 atom stereocenters. The lowest BCUT2D eigenvalue weighted by Gasteiger charge is -2.21. The summed E-state index contributed by atoms with van der Waals surface area (Å²) in [6.45, 7) is -1.59. The van der Waals surface area contributed by atoms with Gasteiger partial charge in [0.2, 0.25) is 0 Å². The van der Waals surface area contributed by atoms with E-state index in [1.165, 1.54) is 5.32 Å². The Labute approximate surface area is 70.1 Å². The van der Waals surface area contributed by atoms with E-state index < -0.39 is 24.4 Å². The molecule has 1 aliphatic carbocycles. The van der Waals surface area contributed by atoms with Crippen molar-refractivity contribution in [1.29, 1.82) is 0 Å². The average molecular weight is 207 g/mol. The van der Waals surface area contributed by atoms with Crippen molar-refractivity contribution in [2.24, 2.45) is 0 Å². The first-order valence-electron chi connectivity index (χ1n) is 3.55. The molecule has 0 aromatic carbocycles. The quantitative estimate of drug-likeness (QED) is 0.684. The lowest BCUT2D eigenvalue weighted by molar-refractivity contribution is -0.178. The first-order valence-corrected chi connectivity index (χ1v) is 3.55. The van der Waals surface area contributed by atoms with Crippen molar-refractivity contribution in [2.75, 3.05) is 6.54 Å². The Kier molecular flexibility index (Phi) is 2.26. The van der Waals surface area contributed by atoms with Crippen molar-refractivity contribution in [3.05, 3.63) is 0 Å². The molecular formula is C6H7F6N. The van der Waals surface area contributed by atoms with Gasteiger partial charge in [-0.3, -0.25) is 5.32 Å². The molecule has 0 unspecified atom stereocenters. The zero-order valence-electron chi connectivity index (χ0n) is 6.39. The van der Waals surface area contributed by atoms with Crippen molar-refractivity contribution in [1.82, 2.24) is 5.32 Å². The van der Waals surface area contributed by atoms with E-state index in [1.54, 1.807) is 0 Å². The molecule has 0 amide bonds. The van der Waals surface area contributed by atoms with Crippen molar-refractivity contribution < 1.29 is 26.3 Å². The van der Waals surface area contributed by atoms with Crippen LogP contribution in [0, 0.1) is 0 Å². The largest absolute Gasteiger partial charge is 0.406 e. The Bertz CT molecular complexity index is 188. The molecule has 1 saturated carbocycles. The van der Waals surface area contributed by atoms with Gasteiger partial charge in [0.1, 0.15) is 5.54 Å². The fourth-order valence-electron chi connectivity index (χ4n) is 0.955. The molecule has 1 rings (SSSR count). The SMILES string of the molecule is FC(F)(F)CNC1(C(F)(F)F)CC1. The maximum absolute atomic E-state index is 12.0. The Morgan fingerprint density at radius 2 is 1.46 bits per heavy atom. The van der Waals surface area contributed by atoms with Gasteiger partial charge in [0, 0.05) is 0 Å². The van der Waals surface area contributed by atoms with Gasteiger partial charge in [-0.2, -0.15) is 26.3 Å². The molecule has 0 aliphatic heterocycles. The van der Waals surface area contributed by atoms with Crippen molar-refractivity contribution in [2.45, 2.75) is 30.7 Å². The molecule has 1 nitrogen and oxygen atoms in total. The highest BCUT2D eigenvalue weighted by Gasteiger charge is 2.63. The van der Waals surface area contributed by atoms with Crippen LogP contribution in [0.5, 0.6) is 0 Å². The van der Waals surface area contributed by atoms with E-state index >= 15 is 0 Å². The van der Waals surface area contributed by atoms with Gasteiger partial charge >= 0.3 is 12.4 Å². The van der Waals surface area contributed by atoms with Gasteiger partial charge in [-0.1, -0.05) is 0 Å². The van der Waals surface area contributed by atoms with Crippen LogP contribution in [-0.2, 0) is 0 Å². The zero-order chi connectivity index (χ0) is 10.3. The standard InChI is InChI=1S/C6H7F6N/c7-5(8,9)3-13-4(1-2-4)6(10,11)12/h13H,1-3H2. The first kappa shape index (κ1) is 10.6. The van der Waals surface area contributed by atoms with Gasteiger partial charge in [0.15, 0.2) is 0 Å². The van der Waals surface area contributed by atoms with Crippen LogP contribution >= 0.6 is 0 Å². The topological polar surface area (TPSA) is 12.0 Å². The van der Waals surface area contributed by atoms with E-state index in [-0.39, 0.29) is 12.8 Å². The van der Waals surface area contributed by atoms with Gasteiger partial charge < -0.3 is 0 Å². The third-order valence-electron chi connectivity index (χ3n) is 1.92. The molecule has 7 heteroatoms. The molecule has 0 bridgehead atoms. The van der Waals surface area contributed by atoms with Gasteiger partial charge in [0.05, 0.1) is 6.54 Å². The lowest BCUT2D eigenvalue weighted by atomic mass is 10.2. The second-order valence-corrected chi connectivity index (χ2v) is 3.05. The van der Waals surface area contributed by atoms with Crippen LogP contribution in [0.25, 0.3) is 0 Å². The molecule has 0 saturated heterocycles. The molecular weight excluding hydrogens is 200 g/mol. The van der Waals surface area contributed by atoms with Crippen LogP contribution in [0.3, 0.4) is 0 Å². The van der Waals surface area contributed by atoms with Crippen LogP contribution in [0.4, 0.5) is 26.3 Å². The smallest absolute Gasteiger partial charge is 0.295 e. The Hall–Kier alpha value is -0.460. The number of halogens is 6. The molecule has 13 heavy (non-hydrogen) atoms. The summed E-state index contributed by atoms with van der Waals surface area (Å²) < 4.78 is 70.8. The predicted octanol–water partition coefficient (Wildman–Crippen LogP) is 2.23. The third kappa shape index (κ3) is 2.49. The number of nitrogens with one attached hydrogen (secondary N) is 1. The first-order chi connectivity index (χ1) is 5.66. The average Bonchev–Trinajstić information content (AvgIpc) is 2.58. The molecule has 0 radical (unpaired) electrons. The maximum Gasteiger partial charge on any atom is 0.406 e. The summed E-state index contributed by atoms with van der Waals surface area (Å²) in [4.78, 5) is 0. The summed E-state index contributed by atoms with van der Waals surface area (Å²) >= 11 is 0. The number of hydrogen-bond donors (Lipinski definition) is 1. The van der Waals surface area contributed by atoms with E-state index in [0.717, 1.165) is 0 Å². The third-order valence-corrected chi connectivity index (χ3v) is 1.92. The molecule has 0 heterocycles. The Morgan fingerprint density at radius 1 is 1.00 bits per heavy atom. The maximum atomic E-state index is 12.0. The summed E-state index contributed by atoms with van der Waals surface area (Å²) in [6.07, 6.45) is -9.72. The minimum Gasteiger partial charge on any atom is -0.295 e. The molecule has 1 aliphatic rings. The highest BCUT2D eigenvalue weighted by Crippen LogP contribution is 2.49. The molecule has 0 spiro atoms. The van der Waals surface area contributed by atoms with Gasteiger partial charge in [0.25, 0.3) is 0 Å². The van der Waals surface area contributed by atoms with Gasteiger partial charge in [-0.05, 0) is 12.8 Å². The Balaban J connectivity index is 2.46. The zero-order valence-corrected chi connectivity index (χ0v) is 6.39. The molecule has 1 fully saturated rings. The van der Waals surface area contributed by atoms with Crippen molar-refractivity contribution in [3.63, 3.8) is 0 Å². The number of rotatable bonds is 2. The molecule has 0 aromatic rings. The Morgan fingerprint density at radius 3 is 1.69 bits per heavy atom. The monoisotopic (exact) mass is 207 g/mol. The minimum absolute atomic E-state index is 0.271. The van der Waals surface area contributed by atoms with E-state index in [4.69, 9.17) is 0 Å². The second kappa shape index (κ2) is 2.76. The van der Waals surface area contributed by atoms with Gasteiger partial charge in [-0.25, -0.2) is 0 Å². The van der Waals surface area contributed by atoms with Crippen LogP contribution in [0.1, 0.15) is 12.8 Å². The van der Waals surface area contributed by atoms with E-state index in [1.807, 2.05) is 0 Å².